The van der Waals surface area contributed by atoms with E-state index < -0.39 is 16.8 Å². The number of amides is 1. The van der Waals surface area contributed by atoms with Crippen LogP contribution in [0.2, 0.25) is 0 Å². The highest BCUT2D eigenvalue weighted by Crippen LogP contribution is 2.51. The highest BCUT2D eigenvalue weighted by atomic mass is 16.7. The minimum absolute atomic E-state index is 0.0292. The number of aromatic amines is 1. The van der Waals surface area contributed by atoms with Gasteiger partial charge in [0.15, 0.2) is 11.5 Å². The van der Waals surface area contributed by atoms with Gasteiger partial charge in [-0.05, 0) is 54.8 Å². The highest BCUT2D eigenvalue weighted by Gasteiger charge is 2.51. The summed E-state index contributed by atoms with van der Waals surface area (Å²) in [5.41, 5.74) is 2.35. The van der Waals surface area contributed by atoms with E-state index in [-0.39, 0.29) is 19.1 Å². The van der Waals surface area contributed by atoms with Gasteiger partial charge in [0.1, 0.15) is 0 Å². The lowest BCUT2D eigenvalue weighted by Gasteiger charge is -2.20. The van der Waals surface area contributed by atoms with Crippen LogP contribution in [0.4, 0.5) is 5.69 Å². The molecule has 3 aromatic rings. The van der Waals surface area contributed by atoms with Gasteiger partial charge in [0, 0.05) is 27.7 Å². The third kappa shape index (κ3) is 3.40. The second-order valence-electron chi connectivity index (χ2n) is 9.04. The molecular weight excluding hydrogens is 396 g/mol. The van der Waals surface area contributed by atoms with Gasteiger partial charge >= 0.3 is 5.97 Å². The molecule has 1 aliphatic heterocycles. The van der Waals surface area contributed by atoms with Crippen molar-refractivity contribution in [3.63, 3.8) is 0 Å². The van der Waals surface area contributed by atoms with Gasteiger partial charge in [0.05, 0.1) is 11.8 Å². The van der Waals surface area contributed by atoms with Crippen molar-refractivity contribution in [2.24, 2.45) is 0 Å². The SMILES string of the molecule is CC(C)(CC(=O)O)c1cc2cc(NC(=O)C3(c4ccc5c(c4)OCO5)CC3)ccc2[nH]1. The molecule has 0 bridgehead atoms. The van der Waals surface area contributed by atoms with Crippen molar-refractivity contribution in [2.45, 2.75) is 43.9 Å². The first-order chi connectivity index (χ1) is 14.8. The molecule has 5 rings (SSSR count). The maximum atomic E-state index is 13.2. The Morgan fingerprint density at radius 3 is 2.61 bits per heavy atom. The Balaban J connectivity index is 1.38. The van der Waals surface area contributed by atoms with Gasteiger partial charge in [-0.3, -0.25) is 9.59 Å². The molecule has 7 heteroatoms. The molecule has 7 nitrogen and oxygen atoms in total. The molecule has 1 fully saturated rings. The molecule has 2 aromatic carbocycles. The fraction of sp³-hybridized carbons (Fsp3) is 0.333. The molecular formula is C24H24N2O5. The first-order valence-electron chi connectivity index (χ1n) is 10.3. The molecule has 0 spiro atoms. The number of aromatic nitrogens is 1. The largest absolute Gasteiger partial charge is 0.481 e. The van der Waals surface area contributed by atoms with E-state index in [1.54, 1.807) is 0 Å². The number of carbonyl (C=O) groups is 2. The Bertz CT molecular complexity index is 1210. The van der Waals surface area contributed by atoms with E-state index in [1.165, 1.54) is 0 Å². The van der Waals surface area contributed by atoms with E-state index in [0.29, 0.717) is 17.2 Å². The van der Waals surface area contributed by atoms with Crippen LogP contribution < -0.4 is 14.8 Å². The van der Waals surface area contributed by atoms with Crippen molar-refractivity contribution >= 4 is 28.5 Å². The van der Waals surface area contributed by atoms with Gasteiger partial charge in [0.25, 0.3) is 0 Å². The third-order valence-electron chi connectivity index (χ3n) is 6.31. The van der Waals surface area contributed by atoms with Crippen LogP contribution in [0.1, 0.15) is 44.4 Å². The zero-order chi connectivity index (χ0) is 21.8. The number of hydrogen-bond donors (Lipinski definition) is 3. The number of rotatable bonds is 6. The molecule has 0 radical (unpaired) electrons. The second kappa shape index (κ2) is 6.77. The number of ether oxygens (including phenoxy) is 2. The Morgan fingerprint density at radius 1 is 1.10 bits per heavy atom. The Morgan fingerprint density at radius 2 is 1.87 bits per heavy atom. The molecule has 0 saturated heterocycles. The Hall–Kier alpha value is -3.48. The highest BCUT2D eigenvalue weighted by molar-refractivity contribution is 6.02. The van der Waals surface area contributed by atoms with Gasteiger partial charge in [-0.2, -0.15) is 0 Å². The normalized spacial score (nSPS) is 16.3. The number of carbonyl (C=O) groups excluding carboxylic acids is 1. The van der Waals surface area contributed by atoms with Crippen molar-refractivity contribution < 1.29 is 24.2 Å². The lowest BCUT2D eigenvalue weighted by atomic mass is 9.86. The molecule has 160 valence electrons. The molecule has 1 aromatic heterocycles. The fourth-order valence-corrected chi connectivity index (χ4v) is 4.27. The molecule has 2 heterocycles. The van der Waals surface area contributed by atoms with E-state index in [4.69, 9.17) is 9.47 Å². The maximum absolute atomic E-state index is 13.2. The molecule has 0 atom stereocenters. The molecule has 3 N–H and O–H groups in total. The monoisotopic (exact) mass is 420 g/mol. The molecule has 31 heavy (non-hydrogen) atoms. The zero-order valence-corrected chi connectivity index (χ0v) is 17.5. The summed E-state index contributed by atoms with van der Waals surface area (Å²) in [4.78, 5) is 27.7. The fourth-order valence-electron chi connectivity index (χ4n) is 4.27. The smallest absolute Gasteiger partial charge is 0.304 e. The summed E-state index contributed by atoms with van der Waals surface area (Å²) < 4.78 is 10.8. The minimum Gasteiger partial charge on any atom is -0.481 e. The quantitative estimate of drug-likeness (QED) is 0.551. The van der Waals surface area contributed by atoms with Crippen LogP contribution in [0.25, 0.3) is 10.9 Å². The number of H-pyrrole nitrogens is 1. The lowest BCUT2D eigenvalue weighted by molar-refractivity contribution is -0.138. The lowest BCUT2D eigenvalue weighted by Crippen LogP contribution is -2.27. The van der Waals surface area contributed by atoms with Crippen molar-refractivity contribution in [2.75, 3.05) is 12.1 Å². The summed E-state index contributed by atoms with van der Waals surface area (Å²) in [5.74, 6) is 0.517. The van der Waals surface area contributed by atoms with Crippen LogP contribution in [0.15, 0.2) is 42.5 Å². The average molecular weight is 420 g/mol. The van der Waals surface area contributed by atoms with E-state index in [9.17, 15) is 14.7 Å². The number of anilines is 1. The minimum atomic E-state index is -0.838. The molecule has 2 aliphatic rings. The van der Waals surface area contributed by atoms with Gasteiger partial charge in [-0.15, -0.1) is 0 Å². The average Bonchev–Trinajstić information content (AvgIpc) is 3.19. The van der Waals surface area contributed by atoms with Gasteiger partial charge in [0.2, 0.25) is 12.7 Å². The first-order valence-corrected chi connectivity index (χ1v) is 10.3. The van der Waals surface area contributed by atoms with Crippen LogP contribution in [0, 0.1) is 0 Å². The predicted octanol–water partition coefficient (Wildman–Crippen LogP) is 4.32. The topological polar surface area (TPSA) is 101 Å². The Kier molecular flexibility index (Phi) is 4.25. The number of hydrogen-bond acceptors (Lipinski definition) is 4. The molecule has 1 saturated carbocycles. The zero-order valence-electron chi connectivity index (χ0n) is 17.5. The second-order valence-corrected chi connectivity index (χ2v) is 9.04. The van der Waals surface area contributed by atoms with E-state index in [2.05, 4.69) is 10.3 Å². The molecule has 0 unspecified atom stereocenters. The van der Waals surface area contributed by atoms with Crippen molar-refractivity contribution in [1.82, 2.24) is 4.98 Å². The summed E-state index contributed by atoms with van der Waals surface area (Å²) in [6, 6.07) is 13.3. The standard InChI is InChI=1S/C24H24N2O5/c1-23(2,12-21(27)28)20-10-14-9-16(4-5-17(14)26-20)25-22(29)24(7-8-24)15-3-6-18-19(11-15)31-13-30-18/h3-6,9-11,26H,7-8,12-13H2,1-2H3,(H,25,29)(H,27,28). The van der Waals surface area contributed by atoms with Crippen LogP contribution in [-0.2, 0) is 20.4 Å². The maximum Gasteiger partial charge on any atom is 0.304 e. The van der Waals surface area contributed by atoms with Crippen molar-refractivity contribution in [3.05, 3.63) is 53.7 Å². The first kappa shape index (κ1) is 19.5. The number of nitrogens with one attached hydrogen (secondary N) is 2. The number of aliphatic carboxylic acids is 1. The summed E-state index contributed by atoms with van der Waals surface area (Å²) in [6.45, 7) is 4.01. The summed E-state index contributed by atoms with van der Waals surface area (Å²) in [5, 5.41) is 13.2. The summed E-state index contributed by atoms with van der Waals surface area (Å²) in [7, 11) is 0. The third-order valence-corrected chi connectivity index (χ3v) is 6.31. The van der Waals surface area contributed by atoms with Crippen molar-refractivity contribution in [3.8, 4) is 11.5 Å². The molecule has 1 aliphatic carbocycles. The summed E-state index contributed by atoms with van der Waals surface area (Å²) >= 11 is 0. The van der Waals surface area contributed by atoms with E-state index >= 15 is 0 Å². The van der Waals surface area contributed by atoms with Gasteiger partial charge in [-0.25, -0.2) is 0 Å². The van der Waals surface area contributed by atoms with Gasteiger partial charge < -0.3 is 24.9 Å². The number of carboxylic acid groups (broad SMARTS) is 1. The number of benzene rings is 2. The van der Waals surface area contributed by atoms with Crippen LogP contribution in [0.3, 0.4) is 0 Å². The van der Waals surface area contributed by atoms with Crippen molar-refractivity contribution in [1.29, 1.82) is 0 Å². The summed E-state index contributed by atoms with van der Waals surface area (Å²) in [6.07, 6.45) is 1.61. The molecule has 1 amide bonds. The van der Waals surface area contributed by atoms with Crippen LogP contribution in [0.5, 0.6) is 11.5 Å². The Labute approximate surface area is 179 Å². The van der Waals surface area contributed by atoms with Crippen LogP contribution >= 0.6 is 0 Å². The van der Waals surface area contributed by atoms with Gasteiger partial charge in [-0.1, -0.05) is 19.9 Å². The number of fused-ring (bicyclic) bond motifs is 2. The predicted molar refractivity (Wildman–Crippen MR) is 116 cm³/mol. The van der Waals surface area contributed by atoms with E-state index in [0.717, 1.165) is 35.0 Å². The van der Waals surface area contributed by atoms with E-state index in [1.807, 2.05) is 56.3 Å². The number of carboxylic acids is 1. The van der Waals surface area contributed by atoms with Crippen LogP contribution in [-0.4, -0.2) is 28.8 Å².